The summed E-state index contributed by atoms with van der Waals surface area (Å²) in [6, 6.07) is 6.97. The summed E-state index contributed by atoms with van der Waals surface area (Å²) < 4.78 is 4.75. The van der Waals surface area contributed by atoms with Crippen molar-refractivity contribution in [1.82, 2.24) is 0 Å². The third-order valence-corrected chi connectivity index (χ3v) is 2.77. The molecule has 0 aliphatic heterocycles. The topological polar surface area (TPSA) is 46.5 Å². The summed E-state index contributed by atoms with van der Waals surface area (Å²) in [6.07, 6.45) is 3.26. The molecule has 0 bridgehead atoms. The summed E-state index contributed by atoms with van der Waals surface area (Å²) in [6.45, 7) is 3.78. The van der Waals surface area contributed by atoms with Crippen molar-refractivity contribution in [3.63, 3.8) is 0 Å². The van der Waals surface area contributed by atoms with Gasteiger partial charge in [-0.3, -0.25) is 0 Å². The standard InChI is InChI=1S/C14H17ClO3/c1-3-18-13(16)5-4-10-14(2,17)11-6-8-12(15)9-7-11/h4-9,17H,3,10H2,1-2H3/b5-4-/t14-/m0/s1. The van der Waals surface area contributed by atoms with Crippen LogP contribution in [0, 0.1) is 0 Å². The lowest BCUT2D eigenvalue weighted by molar-refractivity contribution is -0.137. The van der Waals surface area contributed by atoms with Crippen LogP contribution in [0.25, 0.3) is 0 Å². The predicted molar refractivity (Wildman–Crippen MR) is 71.4 cm³/mol. The molecule has 1 aromatic rings. The summed E-state index contributed by atoms with van der Waals surface area (Å²) in [5, 5.41) is 10.9. The van der Waals surface area contributed by atoms with Crippen LogP contribution in [0.15, 0.2) is 36.4 Å². The first kappa shape index (κ1) is 14.7. The van der Waals surface area contributed by atoms with Crippen LogP contribution in [0.2, 0.25) is 5.02 Å². The smallest absolute Gasteiger partial charge is 0.330 e. The number of ether oxygens (including phenoxy) is 1. The van der Waals surface area contributed by atoms with Crippen molar-refractivity contribution >= 4 is 17.6 Å². The van der Waals surface area contributed by atoms with Gasteiger partial charge in [-0.15, -0.1) is 0 Å². The maximum atomic E-state index is 11.1. The van der Waals surface area contributed by atoms with E-state index in [4.69, 9.17) is 16.3 Å². The van der Waals surface area contributed by atoms with E-state index in [1.54, 1.807) is 44.2 Å². The van der Waals surface area contributed by atoms with Crippen molar-refractivity contribution < 1.29 is 14.6 Å². The molecule has 0 amide bonds. The summed E-state index contributed by atoms with van der Waals surface area (Å²) in [4.78, 5) is 11.1. The molecule has 4 heteroatoms. The van der Waals surface area contributed by atoms with Gasteiger partial charge in [0.05, 0.1) is 12.2 Å². The van der Waals surface area contributed by atoms with Gasteiger partial charge in [0.2, 0.25) is 0 Å². The fourth-order valence-corrected chi connectivity index (χ4v) is 1.63. The lowest BCUT2D eigenvalue weighted by atomic mass is 9.92. The zero-order valence-corrected chi connectivity index (χ0v) is 11.3. The van der Waals surface area contributed by atoms with Crippen molar-refractivity contribution in [2.75, 3.05) is 6.61 Å². The van der Waals surface area contributed by atoms with Crippen molar-refractivity contribution in [1.29, 1.82) is 0 Å². The Morgan fingerprint density at radius 3 is 2.61 bits per heavy atom. The minimum atomic E-state index is -1.03. The number of carbonyl (C=O) groups excluding carboxylic acids is 1. The Kier molecular flexibility index (Phi) is 5.38. The third kappa shape index (κ3) is 4.51. The van der Waals surface area contributed by atoms with Crippen molar-refractivity contribution in [2.24, 2.45) is 0 Å². The number of hydrogen-bond donors (Lipinski definition) is 1. The van der Waals surface area contributed by atoms with E-state index in [1.165, 1.54) is 6.08 Å². The largest absolute Gasteiger partial charge is 0.463 e. The molecule has 1 N–H and O–H groups in total. The zero-order chi connectivity index (χ0) is 13.6. The average molecular weight is 269 g/mol. The highest BCUT2D eigenvalue weighted by Gasteiger charge is 2.21. The van der Waals surface area contributed by atoms with Gasteiger partial charge in [0.15, 0.2) is 0 Å². The van der Waals surface area contributed by atoms with Crippen LogP contribution in [0.3, 0.4) is 0 Å². The number of aliphatic hydroxyl groups is 1. The molecule has 0 aromatic heterocycles. The van der Waals surface area contributed by atoms with Gasteiger partial charge < -0.3 is 9.84 Å². The SMILES string of the molecule is CCOC(=O)/C=C\C[C@](C)(O)c1ccc(Cl)cc1. The quantitative estimate of drug-likeness (QED) is 0.659. The van der Waals surface area contributed by atoms with Crippen molar-refractivity contribution in [3.05, 3.63) is 47.0 Å². The molecule has 98 valence electrons. The van der Waals surface area contributed by atoms with Gasteiger partial charge in [-0.1, -0.05) is 29.8 Å². The Bertz CT molecular complexity index is 421. The Labute approximate surface area is 112 Å². The van der Waals surface area contributed by atoms with Crippen LogP contribution in [-0.2, 0) is 15.1 Å². The highest BCUT2D eigenvalue weighted by Crippen LogP contribution is 2.26. The third-order valence-electron chi connectivity index (χ3n) is 2.52. The fourth-order valence-electron chi connectivity index (χ4n) is 1.50. The van der Waals surface area contributed by atoms with E-state index in [1.807, 2.05) is 0 Å². The number of esters is 1. The van der Waals surface area contributed by atoms with Gasteiger partial charge in [-0.05, 0) is 38.0 Å². The molecule has 0 fully saturated rings. The van der Waals surface area contributed by atoms with Gasteiger partial charge in [-0.25, -0.2) is 4.79 Å². The van der Waals surface area contributed by atoms with E-state index in [-0.39, 0.29) is 0 Å². The number of halogens is 1. The summed E-state index contributed by atoms with van der Waals surface area (Å²) in [7, 11) is 0. The Balaban J connectivity index is 2.64. The summed E-state index contributed by atoms with van der Waals surface area (Å²) in [5.74, 6) is -0.399. The number of rotatable bonds is 5. The molecule has 0 heterocycles. The van der Waals surface area contributed by atoms with Crippen molar-refractivity contribution in [2.45, 2.75) is 25.9 Å². The average Bonchev–Trinajstić information content (AvgIpc) is 2.29. The van der Waals surface area contributed by atoms with E-state index in [0.29, 0.717) is 18.1 Å². The van der Waals surface area contributed by atoms with Crippen molar-refractivity contribution in [3.8, 4) is 0 Å². The molecule has 1 aromatic carbocycles. The summed E-state index contributed by atoms with van der Waals surface area (Å²) >= 11 is 5.79. The van der Waals surface area contributed by atoms with Crippen LogP contribution < -0.4 is 0 Å². The molecule has 0 unspecified atom stereocenters. The van der Waals surface area contributed by atoms with E-state index in [0.717, 1.165) is 5.56 Å². The fraction of sp³-hybridized carbons (Fsp3) is 0.357. The molecule has 1 rings (SSSR count). The number of benzene rings is 1. The van der Waals surface area contributed by atoms with Crippen LogP contribution in [0.1, 0.15) is 25.8 Å². The lowest BCUT2D eigenvalue weighted by Crippen LogP contribution is -2.20. The first-order valence-corrected chi connectivity index (χ1v) is 6.15. The Morgan fingerprint density at radius 1 is 1.44 bits per heavy atom. The molecular formula is C14H17ClO3. The number of carbonyl (C=O) groups is 1. The first-order chi connectivity index (χ1) is 8.45. The lowest BCUT2D eigenvalue weighted by Gasteiger charge is -2.22. The molecule has 0 aliphatic carbocycles. The second-order valence-electron chi connectivity index (χ2n) is 4.14. The molecule has 18 heavy (non-hydrogen) atoms. The highest BCUT2D eigenvalue weighted by atomic mass is 35.5. The zero-order valence-electron chi connectivity index (χ0n) is 10.5. The van der Waals surface area contributed by atoms with E-state index in [2.05, 4.69) is 0 Å². The number of hydrogen-bond acceptors (Lipinski definition) is 3. The molecule has 0 saturated carbocycles. The molecule has 0 aliphatic rings. The molecule has 0 spiro atoms. The van der Waals surface area contributed by atoms with Gasteiger partial charge >= 0.3 is 5.97 Å². The van der Waals surface area contributed by atoms with Gasteiger partial charge in [0.1, 0.15) is 0 Å². The normalized spacial score (nSPS) is 14.4. The minimum absolute atomic E-state index is 0.327. The van der Waals surface area contributed by atoms with E-state index < -0.39 is 11.6 Å². The van der Waals surface area contributed by atoms with Gasteiger partial charge in [0, 0.05) is 11.1 Å². The second-order valence-corrected chi connectivity index (χ2v) is 4.58. The second kappa shape index (κ2) is 6.57. The highest BCUT2D eigenvalue weighted by molar-refractivity contribution is 6.30. The molecule has 0 saturated heterocycles. The maximum Gasteiger partial charge on any atom is 0.330 e. The van der Waals surface area contributed by atoms with Gasteiger partial charge in [0.25, 0.3) is 0 Å². The molecule has 3 nitrogen and oxygen atoms in total. The van der Waals surface area contributed by atoms with E-state index >= 15 is 0 Å². The predicted octanol–water partition coefficient (Wildman–Crippen LogP) is 3.06. The van der Waals surface area contributed by atoms with Crippen LogP contribution in [0.4, 0.5) is 0 Å². The van der Waals surface area contributed by atoms with Crippen LogP contribution in [-0.4, -0.2) is 17.7 Å². The molecule has 0 radical (unpaired) electrons. The summed E-state index contributed by atoms with van der Waals surface area (Å²) in [5.41, 5.74) is -0.284. The van der Waals surface area contributed by atoms with Crippen LogP contribution >= 0.6 is 11.6 Å². The molecular weight excluding hydrogens is 252 g/mol. The van der Waals surface area contributed by atoms with Crippen LogP contribution in [0.5, 0.6) is 0 Å². The Morgan fingerprint density at radius 2 is 2.06 bits per heavy atom. The molecule has 1 atom stereocenters. The van der Waals surface area contributed by atoms with E-state index in [9.17, 15) is 9.90 Å². The Hall–Kier alpha value is -1.32. The monoisotopic (exact) mass is 268 g/mol. The first-order valence-electron chi connectivity index (χ1n) is 5.77. The van der Waals surface area contributed by atoms with Gasteiger partial charge in [-0.2, -0.15) is 0 Å². The minimum Gasteiger partial charge on any atom is -0.463 e. The maximum absolute atomic E-state index is 11.1.